The van der Waals surface area contributed by atoms with Crippen molar-refractivity contribution in [2.75, 3.05) is 13.1 Å². The summed E-state index contributed by atoms with van der Waals surface area (Å²) in [6, 6.07) is 10.4. The lowest BCUT2D eigenvalue weighted by molar-refractivity contribution is -0.949. The first kappa shape index (κ1) is 13.9. The van der Waals surface area contributed by atoms with Gasteiger partial charge in [0.2, 0.25) is 0 Å². The Bertz CT molecular complexity index is 693. The number of hydrogen-bond donors (Lipinski definition) is 2. The number of nitrogens with zero attached hydrogens (tertiary/aromatic N) is 1. The van der Waals surface area contributed by atoms with Gasteiger partial charge in [-0.05, 0) is 23.6 Å². The molecule has 0 saturated carbocycles. The van der Waals surface area contributed by atoms with Gasteiger partial charge in [0.25, 0.3) is 0 Å². The Morgan fingerprint density at radius 3 is 2.95 bits per heavy atom. The molecule has 3 nitrogen and oxygen atoms in total. The van der Waals surface area contributed by atoms with Gasteiger partial charge in [-0.2, -0.15) is 0 Å². The summed E-state index contributed by atoms with van der Waals surface area (Å²) in [4.78, 5) is 5.95. The van der Waals surface area contributed by atoms with Crippen molar-refractivity contribution in [1.29, 1.82) is 0 Å². The van der Waals surface area contributed by atoms with Crippen LogP contribution in [0.25, 0.3) is 10.9 Å². The molecule has 2 bridgehead atoms. The van der Waals surface area contributed by atoms with Crippen LogP contribution in [0, 0.1) is 11.8 Å². The van der Waals surface area contributed by atoms with Gasteiger partial charge in [0.1, 0.15) is 12.1 Å². The van der Waals surface area contributed by atoms with Crippen LogP contribution in [0.2, 0.25) is 0 Å². The van der Waals surface area contributed by atoms with Crippen LogP contribution in [0.1, 0.15) is 24.5 Å². The summed E-state index contributed by atoms with van der Waals surface area (Å²) in [5.41, 5.74) is 2.00. The van der Waals surface area contributed by atoms with Gasteiger partial charge < -0.3 is 10.0 Å². The van der Waals surface area contributed by atoms with E-state index in [0.717, 1.165) is 29.4 Å². The number of benzene rings is 1. The van der Waals surface area contributed by atoms with Crippen LogP contribution in [0.5, 0.6) is 0 Å². The van der Waals surface area contributed by atoms with Gasteiger partial charge >= 0.3 is 0 Å². The lowest BCUT2D eigenvalue weighted by Crippen LogP contribution is -3.20. The minimum absolute atomic E-state index is 0.306. The summed E-state index contributed by atoms with van der Waals surface area (Å²) in [6.07, 6.45) is 5.90. The highest BCUT2D eigenvalue weighted by Gasteiger charge is 2.45. The molecular weight excluding hydrogens is 272 g/mol. The maximum Gasteiger partial charge on any atom is 0.131 e. The quantitative estimate of drug-likeness (QED) is 0.847. The fourth-order valence-corrected chi connectivity index (χ4v) is 4.50. The SMILES string of the molecule is C=C[C@H]1C[NH+]2CC[C@@H]1C[C@@H]2[C@@H](O)c1ccnc2ccccc12. The van der Waals surface area contributed by atoms with E-state index in [-0.39, 0.29) is 0 Å². The zero-order valence-corrected chi connectivity index (χ0v) is 12.8. The number of nitrogens with one attached hydrogen (secondary N) is 1. The molecular formula is C19H23N2O+. The molecule has 3 heteroatoms. The second-order valence-corrected chi connectivity index (χ2v) is 6.77. The summed E-state index contributed by atoms with van der Waals surface area (Å²) in [7, 11) is 0. The van der Waals surface area contributed by atoms with Gasteiger partial charge in [0, 0.05) is 30.3 Å². The minimum atomic E-state index is -0.406. The molecule has 0 spiro atoms. The maximum atomic E-state index is 11.0. The second kappa shape index (κ2) is 5.49. The molecule has 3 saturated heterocycles. The van der Waals surface area contributed by atoms with Crippen LogP contribution in [-0.2, 0) is 0 Å². The van der Waals surface area contributed by atoms with Gasteiger partial charge in [-0.15, -0.1) is 6.58 Å². The van der Waals surface area contributed by atoms with E-state index in [1.54, 1.807) is 4.90 Å². The number of hydrogen-bond acceptors (Lipinski definition) is 2. The molecule has 3 aliphatic heterocycles. The summed E-state index contributed by atoms with van der Waals surface area (Å²) < 4.78 is 0. The smallest absolute Gasteiger partial charge is 0.131 e. The molecule has 0 radical (unpaired) electrons. The van der Waals surface area contributed by atoms with E-state index >= 15 is 0 Å². The predicted octanol–water partition coefficient (Wildman–Crippen LogP) is 1.75. The highest BCUT2D eigenvalue weighted by molar-refractivity contribution is 5.82. The topological polar surface area (TPSA) is 37.6 Å². The van der Waals surface area contributed by atoms with Crippen molar-refractivity contribution in [1.82, 2.24) is 4.98 Å². The van der Waals surface area contributed by atoms with Gasteiger partial charge in [-0.25, -0.2) is 0 Å². The third kappa shape index (κ3) is 2.16. The lowest BCUT2D eigenvalue weighted by Gasteiger charge is -2.47. The maximum absolute atomic E-state index is 11.0. The fraction of sp³-hybridized carbons (Fsp3) is 0.421. The van der Waals surface area contributed by atoms with Crippen LogP contribution in [0.3, 0.4) is 0 Å². The first-order valence-electron chi connectivity index (χ1n) is 8.27. The Hall–Kier alpha value is -1.71. The molecule has 0 amide bonds. The number of pyridine rings is 1. The molecule has 2 aromatic rings. The summed E-state index contributed by atoms with van der Waals surface area (Å²) in [6.45, 7) is 6.29. The van der Waals surface area contributed by atoms with E-state index in [1.165, 1.54) is 13.0 Å². The standard InChI is InChI=1S/C19H22N2O/c1-2-13-12-21-10-8-14(13)11-18(21)19(22)16-7-9-20-17-6-4-3-5-15(16)17/h2-7,9,13-14,18-19,22H,1,8,10-12H2/p+1/t13-,14+,18+,19-/m0/s1. The van der Waals surface area contributed by atoms with Gasteiger partial charge in [0.05, 0.1) is 18.6 Å². The number of aliphatic hydroxyl groups excluding tert-OH is 1. The van der Waals surface area contributed by atoms with E-state index in [0.29, 0.717) is 17.9 Å². The number of aromatic nitrogens is 1. The molecule has 1 aromatic carbocycles. The average Bonchev–Trinajstić information content (AvgIpc) is 2.60. The minimum Gasteiger partial charge on any atom is -0.382 e. The lowest BCUT2D eigenvalue weighted by atomic mass is 9.73. The number of aliphatic hydroxyl groups is 1. The van der Waals surface area contributed by atoms with Crippen molar-refractivity contribution < 1.29 is 10.0 Å². The molecule has 1 aromatic heterocycles. The third-order valence-electron chi connectivity index (χ3n) is 5.71. The van der Waals surface area contributed by atoms with Crippen LogP contribution in [0.15, 0.2) is 49.2 Å². The molecule has 2 N–H and O–H groups in total. The Labute approximate surface area is 131 Å². The van der Waals surface area contributed by atoms with Gasteiger partial charge in [-0.1, -0.05) is 24.3 Å². The zero-order chi connectivity index (χ0) is 15.1. The van der Waals surface area contributed by atoms with Crippen LogP contribution in [-0.4, -0.2) is 29.2 Å². The summed E-state index contributed by atoms with van der Waals surface area (Å²) >= 11 is 0. The molecule has 5 atom stereocenters. The van der Waals surface area contributed by atoms with E-state index < -0.39 is 6.10 Å². The Balaban J connectivity index is 1.67. The van der Waals surface area contributed by atoms with E-state index in [4.69, 9.17) is 0 Å². The first-order chi connectivity index (χ1) is 10.8. The third-order valence-corrected chi connectivity index (χ3v) is 5.71. The normalized spacial score (nSPS) is 32.0. The fourth-order valence-electron chi connectivity index (χ4n) is 4.50. The predicted molar refractivity (Wildman–Crippen MR) is 87.6 cm³/mol. The van der Waals surface area contributed by atoms with Crippen LogP contribution < -0.4 is 4.90 Å². The van der Waals surface area contributed by atoms with E-state index in [9.17, 15) is 5.11 Å². The number of rotatable bonds is 3. The van der Waals surface area contributed by atoms with Gasteiger partial charge in [-0.3, -0.25) is 4.98 Å². The second-order valence-electron chi connectivity index (χ2n) is 6.77. The van der Waals surface area contributed by atoms with Crippen LogP contribution >= 0.6 is 0 Å². The molecule has 5 rings (SSSR count). The Morgan fingerprint density at radius 1 is 1.32 bits per heavy atom. The van der Waals surface area contributed by atoms with E-state index in [2.05, 4.69) is 23.7 Å². The summed E-state index contributed by atoms with van der Waals surface area (Å²) in [5, 5.41) is 12.1. The number of piperidine rings is 3. The largest absolute Gasteiger partial charge is 0.382 e. The number of quaternary nitrogens is 1. The zero-order valence-electron chi connectivity index (χ0n) is 12.8. The van der Waals surface area contributed by atoms with Crippen molar-refractivity contribution >= 4 is 10.9 Å². The first-order valence-corrected chi connectivity index (χ1v) is 8.27. The molecule has 3 aliphatic rings. The van der Waals surface area contributed by atoms with Crippen molar-refractivity contribution in [3.8, 4) is 0 Å². The highest BCUT2D eigenvalue weighted by atomic mass is 16.3. The van der Waals surface area contributed by atoms with Crippen molar-refractivity contribution in [2.24, 2.45) is 11.8 Å². The molecule has 114 valence electrons. The van der Waals surface area contributed by atoms with Gasteiger partial charge in [0.15, 0.2) is 0 Å². The Morgan fingerprint density at radius 2 is 2.18 bits per heavy atom. The molecule has 3 fully saturated rings. The number of para-hydroxylation sites is 1. The molecule has 1 unspecified atom stereocenters. The molecule has 0 aliphatic carbocycles. The monoisotopic (exact) mass is 295 g/mol. The molecule has 22 heavy (non-hydrogen) atoms. The van der Waals surface area contributed by atoms with Crippen molar-refractivity contribution in [2.45, 2.75) is 25.0 Å². The van der Waals surface area contributed by atoms with E-state index in [1.807, 2.05) is 30.5 Å². The van der Waals surface area contributed by atoms with Crippen molar-refractivity contribution in [3.05, 3.63) is 54.7 Å². The van der Waals surface area contributed by atoms with Crippen LogP contribution in [0.4, 0.5) is 0 Å². The van der Waals surface area contributed by atoms with Crippen molar-refractivity contribution in [3.63, 3.8) is 0 Å². The summed E-state index contributed by atoms with van der Waals surface area (Å²) in [5.74, 6) is 1.32. The molecule has 4 heterocycles. The average molecular weight is 295 g/mol. The highest BCUT2D eigenvalue weighted by Crippen LogP contribution is 2.33. The number of fused-ring (bicyclic) bond motifs is 4. The Kier molecular flexibility index (Phi) is 3.47.